The molecule has 0 spiro atoms. The Balaban J connectivity index is 1.91. The van der Waals surface area contributed by atoms with Crippen molar-refractivity contribution in [3.05, 3.63) is 41.3 Å². The molecule has 1 aromatic carbocycles. The van der Waals surface area contributed by atoms with Crippen molar-refractivity contribution in [2.45, 2.75) is 6.42 Å². The van der Waals surface area contributed by atoms with Crippen molar-refractivity contribution < 1.29 is 13.2 Å². The van der Waals surface area contributed by atoms with Crippen LogP contribution in [0.4, 0.5) is 0 Å². The number of amides is 1. The van der Waals surface area contributed by atoms with Gasteiger partial charge in [-0.3, -0.25) is 4.79 Å². The van der Waals surface area contributed by atoms with Gasteiger partial charge in [-0.05, 0) is 17.9 Å². The van der Waals surface area contributed by atoms with Crippen LogP contribution in [0, 0.1) is 0 Å². The van der Waals surface area contributed by atoms with E-state index in [9.17, 15) is 13.2 Å². The molecule has 1 amide bonds. The Bertz CT molecular complexity index is 637. The summed E-state index contributed by atoms with van der Waals surface area (Å²) in [5.41, 5.74) is 0.849. The second-order valence-electron chi connectivity index (χ2n) is 5.28. The fourth-order valence-corrected chi connectivity index (χ4v) is 3.91. The van der Waals surface area contributed by atoms with Crippen molar-refractivity contribution in [2.24, 2.45) is 0 Å². The summed E-state index contributed by atoms with van der Waals surface area (Å²) in [5, 5.41) is 1.24. The van der Waals surface area contributed by atoms with Crippen LogP contribution in [-0.2, 0) is 14.8 Å². The standard InChI is InChI=1S/C16H22N2O3S2/c1-22-13-7-16(19)17-9-11-18(12-10-17)23(20,21)14-8-15-5-3-2-4-6-15/h2-6,8,14H,7,9-13H2,1H3/b14-8+. The van der Waals surface area contributed by atoms with Gasteiger partial charge in [0.25, 0.3) is 0 Å². The molecule has 2 rings (SSSR count). The lowest BCUT2D eigenvalue weighted by molar-refractivity contribution is -0.131. The summed E-state index contributed by atoms with van der Waals surface area (Å²) in [6, 6.07) is 9.33. The van der Waals surface area contributed by atoms with Crippen LogP contribution >= 0.6 is 11.8 Å². The summed E-state index contributed by atoms with van der Waals surface area (Å²) in [5.74, 6) is 0.910. The molecule has 0 radical (unpaired) electrons. The van der Waals surface area contributed by atoms with Gasteiger partial charge in [-0.25, -0.2) is 8.42 Å². The fourth-order valence-electron chi connectivity index (χ4n) is 2.35. The van der Waals surface area contributed by atoms with Crippen LogP contribution in [0.1, 0.15) is 12.0 Å². The fraction of sp³-hybridized carbons (Fsp3) is 0.438. The highest BCUT2D eigenvalue weighted by Crippen LogP contribution is 2.12. The molecule has 0 N–H and O–H groups in total. The van der Waals surface area contributed by atoms with Gasteiger partial charge in [0.1, 0.15) is 0 Å². The number of carbonyl (C=O) groups excluding carboxylic acids is 1. The maximum absolute atomic E-state index is 12.3. The third-order valence-corrected chi connectivity index (χ3v) is 5.88. The van der Waals surface area contributed by atoms with Gasteiger partial charge in [0.2, 0.25) is 15.9 Å². The molecule has 7 heteroatoms. The van der Waals surface area contributed by atoms with Crippen LogP contribution in [0.2, 0.25) is 0 Å². The zero-order chi connectivity index (χ0) is 16.7. The molecule has 23 heavy (non-hydrogen) atoms. The lowest BCUT2D eigenvalue weighted by Crippen LogP contribution is -2.50. The molecule has 1 saturated heterocycles. The van der Waals surface area contributed by atoms with Gasteiger partial charge in [0, 0.05) is 43.8 Å². The van der Waals surface area contributed by atoms with Gasteiger partial charge < -0.3 is 4.90 Å². The van der Waals surface area contributed by atoms with E-state index in [0.29, 0.717) is 32.6 Å². The Hall–Kier alpha value is -1.31. The van der Waals surface area contributed by atoms with E-state index in [0.717, 1.165) is 11.3 Å². The molecule has 0 bridgehead atoms. The maximum Gasteiger partial charge on any atom is 0.236 e. The highest BCUT2D eigenvalue weighted by Gasteiger charge is 2.26. The lowest BCUT2D eigenvalue weighted by Gasteiger charge is -2.33. The maximum atomic E-state index is 12.3. The van der Waals surface area contributed by atoms with E-state index < -0.39 is 10.0 Å². The molecule has 126 valence electrons. The highest BCUT2D eigenvalue weighted by atomic mass is 32.2. The van der Waals surface area contributed by atoms with Gasteiger partial charge in [-0.2, -0.15) is 16.1 Å². The number of sulfonamides is 1. The van der Waals surface area contributed by atoms with Crippen LogP contribution in [0.15, 0.2) is 35.7 Å². The minimum Gasteiger partial charge on any atom is -0.340 e. The van der Waals surface area contributed by atoms with Crippen molar-refractivity contribution in [1.82, 2.24) is 9.21 Å². The van der Waals surface area contributed by atoms with E-state index in [1.165, 1.54) is 9.71 Å². The van der Waals surface area contributed by atoms with E-state index >= 15 is 0 Å². The van der Waals surface area contributed by atoms with E-state index in [4.69, 9.17) is 0 Å². The summed E-state index contributed by atoms with van der Waals surface area (Å²) in [6.45, 7) is 1.64. The Kier molecular flexibility index (Phi) is 6.68. The first-order valence-corrected chi connectivity index (χ1v) is 10.4. The third-order valence-electron chi connectivity index (χ3n) is 3.70. The monoisotopic (exact) mass is 354 g/mol. The SMILES string of the molecule is CSCCC(=O)N1CCN(S(=O)(=O)/C=C/c2ccccc2)CC1. The first kappa shape index (κ1) is 18.0. The quantitative estimate of drug-likeness (QED) is 0.783. The third kappa shape index (κ3) is 5.37. The van der Waals surface area contributed by atoms with Crippen molar-refractivity contribution in [2.75, 3.05) is 38.2 Å². The second-order valence-corrected chi connectivity index (χ2v) is 8.09. The highest BCUT2D eigenvalue weighted by molar-refractivity contribution is 7.98. The van der Waals surface area contributed by atoms with Crippen molar-refractivity contribution >= 4 is 33.8 Å². The van der Waals surface area contributed by atoms with E-state index in [2.05, 4.69) is 0 Å². The zero-order valence-electron chi connectivity index (χ0n) is 13.2. The van der Waals surface area contributed by atoms with Gasteiger partial charge in [-0.1, -0.05) is 30.3 Å². The number of hydrogen-bond acceptors (Lipinski definition) is 4. The van der Waals surface area contributed by atoms with E-state index in [1.807, 2.05) is 36.6 Å². The van der Waals surface area contributed by atoms with Gasteiger partial charge in [0.05, 0.1) is 0 Å². The Morgan fingerprint density at radius 1 is 1.17 bits per heavy atom. The van der Waals surface area contributed by atoms with Crippen molar-refractivity contribution in [3.8, 4) is 0 Å². The smallest absolute Gasteiger partial charge is 0.236 e. The molecule has 1 aliphatic rings. The molecule has 1 heterocycles. The average molecular weight is 354 g/mol. The lowest BCUT2D eigenvalue weighted by atomic mass is 10.2. The number of carbonyl (C=O) groups is 1. The van der Waals surface area contributed by atoms with Crippen molar-refractivity contribution in [1.29, 1.82) is 0 Å². The zero-order valence-corrected chi connectivity index (χ0v) is 14.9. The Morgan fingerprint density at radius 3 is 2.43 bits per heavy atom. The molecular weight excluding hydrogens is 332 g/mol. The molecule has 0 unspecified atom stereocenters. The largest absolute Gasteiger partial charge is 0.340 e. The normalized spacial score (nSPS) is 16.8. The summed E-state index contributed by atoms with van der Waals surface area (Å²) in [7, 11) is -3.44. The van der Waals surface area contributed by atoms with Crippen molar-refractivity contribution in [3.63, 3.8) is 0 Å². The molecule has 1 aliphatic heterocycles. The summed E-state index contributed by atoms with van der Waals surface area (Å²) < 4.78 is 26.1. The Morgan fingerprint density at radius 2 is 1.83 bits per heavy atom. The first-order chi connectivity index (χ1) is 11.0. The summed E-state index contributed by atoms with van der Waals surface area (Å²) in [6.07, 6.45) is 4.09. The first-order valence-electron chi connectivity index (χ1n) is 7.53. The number of thioether (sulfide) groups is 1. The van der Waals surface area contributed by atoms with E-state index in [1.54, 1.807) is 22.7 Å². The molecular formula is C16H22N2O3S2. The number of benzene rings is 1. The predicted octanol–water partition coefficient (Wildman–Crippen LogP) is 1.88. The minimum atomic E-state index is -3.44. The minimum absolute atomic E-state index is 0.108. The number of piperazine rings is 1. The predicted molar refractivity (Wildman–Crippen MR) is 95.5 cm³/mol. The summed E-state index contributed by atoms with van der Waals surface area (Å²) >= 11 is 1.64. The molecule has 1 aromatic rings. The second kappa shape index (κ2) is 8.52. The topological polar surface area (TPSA) is 57.7 Å². The van der Waals surface area contributed by atoms with Gasteiger partial charge in [0.15, 0.2) is 0 Å². The molecule has 0 aliphatic carbocycles. The summed E-state index contributed by atoms with van der Waals surface area (Å²) in [4.78, 5) is 13.7. The molecule has 0 saturated carbocycles. The molecule has 1 fully saturated rings. The van der Waals surface area contributed by atoms with Crippen LogP contribution in [-0.4, -0.2) is 61.7 Å². The van der Waals surface area contributed by atoms with Gasteiger partial charge >= 0.3 is 0 Å². The van der Waals surface area contributed by atoms with E-state index in [-0.39, 0.29) is 5.91 Å². The Labute approximate surface area is 142 Å². The average Bonchev–Trinajstić information content (AvgIpc) is 2.59. The van der Waals surface area contributed by atoms with Gasteiger partial charge in [-0.15, -0.1) is 0 Å². The van der Waals surface area contributed by atoms with Crippen LogP contribution in [0.5, 0.6) is 0 Å². The van der Waals surface area contributed by atoms with Crippen LogP contribution in [0.25, 0.3) is 6.08 Å². The van der Waals surface area contributed by atoms with Crippen LogP contribution < -0.4 is 0 Å². The molecule has 0 aromatic heterocycles. The molecule has 0 atom stereocenters. The van der Waals surface area contributed by atoms with Crippen LogP contribution in [0.3, 0.4) is 0 Å². The molecule has 5 nitrogen and oxygen atoms in total. The number of nitrogens with zero attached hydrogens (tertiary/aromatic N) is 2. The number of hydrogen-bond donors (Lipinski definition) is 0. The number of rotatable bonds is 6.